The van der Waals surface area contributed by atoms with Gasteiger partial charge in [0.05, 0.1) is 0 Å². The Labute approximate surface area is 59.7 Å². The minimum Gasteiger partial charge on any atom is -0.338 e. The van der Waals surface area contributed by atoms with Crippen LogP contribution in [-0.2, 0) is 4.84 Å². The Morgan fingerprint density at radius 2 is 1.90 bits per heavy atom. The zero-order valence-corrected chi connectivity index (χ0v) is 5.84. The quantitative estimate of drug-likeness (QED) is 0.492. The van der Waals surface area contributed by atoms with Gasteiger partial charge in [0, 0.05) is 13.1 Å². The smallest absolute Gasteiger partial charge is 0.330 e. The highest BCUT2D eigenvalue weighted by atomic mass is 16.9. The first kappa shape index (κ1) is 6.54. The molecule has 2 rings (SSSR count). The Bertz CT molecular complexity index is 130. The average Bonchev–Trinajstić information content (AvgIpc) is 2.72. The largest absolute Gasteiger partial charge is 0.338 e. The zero-order valence-electron chi connectivity index (χ0n) is 5.84. The number of aliphatic hydroxyl groups is 1. The molecule has 0 bridgehead atoms. The van der Waals surface area contributed by atoms with Crippen LogP contribution in [0.15, 0.2) is 0 Å². The summed E-state index contributed by atoms with van der Waals surface area (Å²) in [6.07, 6.45) is 3.59. The highest BCUT2D eigenvalue weighted by molar-refractivity contribution is 4.75. The molecule has 0 radical (unpaired) electrons. The van der Waals surface area contributed by atoms with Crippen molar-refractivity contribution in [2.45, 2.75) is 25.3 Å². The molecule has 2 N–H and O–H groups in total. The number of piperidine rings is 1. The van der Waals surface area contributed by atoms with E-state index < -0.39 is 6.03 Å². The van der Waals surface area contributed by atoms with Gasteiger partial charge in [-0.3, -0.25) is 0 Å². The molecule has 58 valence electrons. The minimum atomic E-state index is -1.10. The summed E-state index contributed by atoms with van der Waals surface area (Å²) in [7, 11) is 0. The van der Waals surface area contributed by atoms with Gasteiger partial charge in [-0.2, -0.15) is 0 Å². The van der Waals surface area contributed by atoms with Crippen molar-refractivity contribution in [3.63, 3.8) is 0 Å². The topological polar surface area (TPSA) is 57.9 Å². The second-order valence-corrected chi connectivity index (χ2v) is 2.86. The van der Waals surface area contributed by atoms with Crippen molar-refractivity contribution in [1.82, 2.24) is 10.4 Å². The van der Waals surface area contributed by atoms with Gasteiger partial charge in [0.25, 0.3) is 0 Å². The fourth-order valence-electron chi connectivity index (χ4n) is 1.37. The van der Waals surface area contributed by atoms with Crippen molar-refractivity contribution in [3.8, 4) is 0 Å². The van der Waals surface area contributed by atoms with Crippen LogP contribution in [0.3, 0.4) is 0 Å². The van der Waals surface area contributed by atoms with Crippen molar-refractivity contribution in [2.75, 3.05) is 13.1 Å². The molecule has 2 saturated heterocycles. The molecule has 2 aliphatic heterocycles. The molecule has 0 saturated carbocycles. The van der Waals surface area contributed by atoms with E-state index in [1.165, 1.54) is 6.42 Å². The van der Waals surface area contributed by atoms with Crippen LogP contribution in [0.25, 0.3) is 0 Å². The Morgan fingerprint density at radius 3 is 2.40 bits per heavy atom. The number of rotatable bonds is 1. The summed E-state index contributed by atoms with van der Waals surface area (Å²) in [5.41, 5.74) is 2.46. The lowest BCUT2D eigenvalue weighted by Gasteiger charge is -2.26. The minimum absolute atomic E-state index is 0.934. The second kappa shape index (κ2) is 2.17. The van der Waals surface area contributed by atoms with Crippen molar-refractivity contribution in [2.24, 2.45) is 0 Å². The van der Waals surface area contributed by atoms with Crippen molar-refractivity contribution < 1.29 is 9.94 Å². The lowest BCUT2D eigenvalue weighted by Crippen LogP contribution is -2.43. The fourth-order valence-corrected chi connectivity index (χ4v) is 1.37. The first-order valence-electron chi connectivity index (χ1n) is 3.74. The third-order valence-corrected chi connectivity index (χ3v) is 2.07. The van der Waals surface area contributed by atoms with E-state index in [0.717, 1.165) is 25.9 Å². The summed E-state index contributed by atoms with van der Waals surface area (Å²) in [6, 6.07) is -1.10. The van der Waals surface area contributed by atoms with Crippen molar-refractivity contribution >= 4 is 0 Å². The molecule has 0 aromatic heterocycles. The Hall–Kier alpha value is -0.160. The average molecular weight is 144 g/mol. The number of likely N-dealkylation sites (tertiary alicyclic amines) is 1. The molecule has 4 heteroatoms. The van der Waals surface area contributed by atoms with Crippen LogP contribution in [-0.4, -0.2) is 29.1 Å². The molecule has 0 aliphatic carbocycles. The summed E-state index contributed by atoms with van der Waals surface area (Å²) < 4.78 is 0. The predicted molar refractivity (Wildman–Crippen MR) is 34.6 cm³/mol. The number of hydrogen-bond donors (Lipinski definition) is 2. The lowest BCUT2D eigenvalue weighted by molar-refractivity contribution is -0.110. The molecule has 4 nitrogen and oxygen atoms in total. The van der Waals surface area contributed by atoms with Gasteiger partial charge in [0.2, 0.25) is 0 Å². The number of hydroxylamine groups is 1. The first-order chi connectivity index (χ1) is 4.81. The summed E-state index contributed by atoms with van der Waals surface area (Å²) in [5.74, 6) is 0. The third kappa shape index (κ3) is 1.03. The van der Waals surface area contributed by atoms with E-state index in [-0.39, 0.29) is 0 Å². The third-order valence-electron chi connectivity index (χ3n) is 2.07. The van der Waals surface area contributed by atoms with Crippen molar-refractivity contribution in [1.29, 1.82) is 0 Å². The summed E-state index contributed by atoms with van der Waals surface area (Å²) >= 11 is 0. The van der Waals surface area contributed by atoms with E-state index in [2.05, 4.69) is 10.3 Å². The van der Waals surface area contributed by atoms with E-state index in [1.54, 1.807) is 0 Å². The van der Waals surface area contributed by atoms with E-state index in [1.807, 2.05) is 4.90 Å². The van der Waals surface area contributed by atoms with Gasteiger partial charge in [-0.15, -0.1) is 5.48 Å². The molecule has 1 atom stereocenters. The first-order valence-corrected chi connectivity index (χ1v) is 3.74. The van der Waals surface area contributed by atoms with Crippen LogP contribution in [0.1, 0.15) is 19.3 Å². The molecule has 2 fully saturated rings. The van der Waals surface area contributed by atoms with E-state index >= 15 is 0 Å². The highest BCUT2D eigenvalue weighted by Crippen LogP contribution is 2.24. The maximum Gasteiger partial charge on any atom is 0.330 e. The zero-order chi connectivity index (χ0) is 7.03. The van der Waals surface area contributed by atoms with E-state index in [4.69, 9.17) is 0 Å². The molecule has 0 spiro atoms. The van der Waals surface area contributed by atoms with Gasteiger partial charge in [0.1, 0.15) is 0 Å². The second-order valence-electron chi connectivity index (χ2n) is 2.86. The predicted octanol–water partition coefficient (Wildman–Crippen LogP) is -0.389. The maximum absolute atomic E-state index is 9.35. The fraction of sp³-hybridized carbons (Fsp3) is 1.00. The molecule has 10 heavy (non-hydrogen) atoms. The Kier molecular flexibility index (Phi) is 1.42. The SMILES string of the molecule is OC1(N2CCCCC2)NO1. The summed E-state index contributed by atoms with van der Waals surface area (Å²) in [6.45, 7) is 1.87. The molecule has 2 aliphatic rings. The molecule has 0 amide bonds. The monoisotopic (exact) mass is 144 g/mol. The number of nitrogens with one attached hydrogen (secondary N) is 1. The van der Waals surface area contributed by atoms with Crippen LogP contribution < -0.4 is 5.48 Å². The van der Waals surface area contributed by atoms with Crippen molar-refractivity contribution in [3.05, 3.63) is 0 Å². The highest BCUT2D eigenvalue weighted by Gasteiger charge is 2.49. The Morgan fingerprint density at radius 1 is 1.30 bits per heavy atom. The van der Waals surface area contributed by atoms with Crippen LogP contribution in [0.2, 0.25) is 0 Å². The lowest BCUT2D eigenvalue weighted by atomic mass is 10.1. The van der Waals surface area contributed by atoms with Gasteiger partial charge >= 0.3 is 6.03 Å². The van der Waals surface area contributed by atoms with Gasteiger partial charge < -0.3 is 5.11 Å². The van der Waals surface area contributed by atoms with Gasteiger partial charge in [-0.05, 0) is 12.8 Å². The molecule has 0 aromatic rings. The van der Waals surface area contributed by atoms with Gasteiger partial charge in [0.15, 0.2) is 0 Å². The van der Waals surface area contributed by atoms with E-state index in [0.29, 0.717) is 0 Å². The normalized spacial score (nSPS) is 41.7. The molecular weight excluding hydrogens is 132 g/mol. The number of nitrogens with zero attached hydrogens (tertiary/aromatic N) is 1. The Balaban J connectivity index is 1.91. The van der Waals surface area contributed by atoms with Gasteiger partial charge in [-0.25, -0.2) is 9.74 Å². The molecule has 1 unspecified atom stereocenters. The molecular formula is C6H12N2O2. The van der Waals surface area contributed by atoms with Gasteiger partial charge in [-0.1, -0.05) is 6.42 Å². The van der Waals surface area contributed by atoms with Crippen LogP contribution in [0.4, 0.5) is 0 Å². The van der Waals surface area contributed by atoms with Crippen LogP contribution in [0, 0.1) is 0 Å². The summed E-state index contributed by atoms with van der Waals surface area (Å²) in [5, 5.41) is 9.35. The maximum atomic E-state index is 9.35. The standard InChI is InChI=1S/C6H12N2O2/c9-6(7-10-6)8-4-2-1-3-5-8/h7,9H,1-5H2. The van der Waals surface area contributed by atoms with E-state index in [9.17, 15) is 5.11 Å². The van der Waals surface area contributed by atoms with Crippen LogP contribution >= 0.6 is 0 Å². The summed E-state index contributed by atoms with van der Waals surface area (Å²) in [4.78, 5) is 6.58. The molecule has 2 heterocycles. The number of hydrogen-bond acceptors (Lipinski definition) is 4. The van der Waals surface area contributed by atoms with Crippen LogP contribution in [0.5, 0.6) is 0 Å². The molecule has 0 aromatic carbocycles.